The number of hydrogen-bond donors (Lipinski definition) is 7. The average molecular weight is 521 g/mol. The van der Waals surface area contributed by atoms with Gasteiger partial charge in [0.15, 0.2) is 0 Å². The van der Waals surface area contributed by atoms with Crippen molar-refractivity contribution in [2.75, 3.05) is 0 Å². The number of amides is 5. The van der Waals surface area contributed by atoms with Gasteiger partial charge in [-0.1, -0.05) is 50.6 Å². The minimum Gasteiger partial charge on any atom is -0.480 e. The summed E-state index contributed by atoms with van der Waals surface area (Å²) in [7, 11) is 0. The lowest BCUT2D eigenvalue weighted by atomic mass is 9.97. The molecule has 13 nitrogen and oxygen atoms in total. The summed E-state index contributed by atoms with van der Waals surface area (Å²) < 4.78 is 0. The lowest BCUT2D eigenvalue weighted by molar-refractivity contribution is -0.142. The predicted molar refractivity (Wildman–Crippen MR) is 133 cm³/mol. The maximum atomic E-state index is 13.1. The van der Waals surface area contributed by atoms with E-state index in [0.29, 0.717) is 12.0 Å². The highest BCUT2D eigenvalue weighted by molar-refractivity contribution is 5.96. The van der Waals surface area contributed by atoms with Crippen LogP contribution >= 0.6 is 0 Å². The van der Waals surface area contributed by atoms with Crippen molar-refractivity contribution in [2.45, 2.75) is 70.1 Å². The number of benzene rings is 1. The third kappa shape index (κ3) is 11.1. The van der Waals surface area contributed by atoms with Crippen LogP contribution in [0, 0.1) is 5.92 Å². The Kier molecular flexibility index (Phi) is 12.7. The van der Waals surface area contributed by atoms with E-state index in [9.17, 15) is 33.9 Å². The van der Waals surface area contributed by atoms with Gasteiger partial charge in [0.05, 0.1) is 12.5 Å². The molecule has 5 unspecified atom stereocenters. The van der Waals surface area contributed by atoms with Gasteiger partial charge < -0.3 is 38.3 Å². The van der Waals surface area contributed by atoms with Gasteiger partial charge in [-0.15, -0.1) is 0 Å². The van der Waals surface area contributed by atoms with E-state index in [-0.39, 0.29) is 19.3 Å². The second kappa shape index (κ2) is 15.2. The lowest BCUT2D eigenvalue weighted by Crippen LogP contribution is -2.59. The number of nitrogens with two attached hydrogens (primary N) is 3. The van der Waals surface area contributed by atoms with Gasteiger partial charge in [-0.2, -0.15) is 0 Å². The molecule has 1 aromatic rings. The van der Waals surface area contributed by atoms with Gasteiger partial charge in [-0.3, -0.25) is 24.0 Å². The molecule has 10 N–H and O–H groups in total. The summed E-state index contributed by atoms with van der Waals surface area (Å²) in [5.74, 6) is -5.68. The van der Waals surface area contributed by atoms with Gasteiger partial charge in [-0.05, 0) is 17.9 Å². The number of hydrogen-bond acceptors (Lipinski definition) is 7. The highest BCUT2D eigenvalue weighted by Crippen LogP contribution is 2.10. The highest BCUT2D eigenvalue weighted by Gasteiger charge is 2.33. The molecule has 0 aliphatic carbocycles. The molecule has 13 heteroatoms. The summed E-state index contributed by atoms with van der Waals surface area (Å²) in [5.41, 5.74) is 16.8. The van der Waals surface area contributed by atoms with Crippen molar-refractivity contribution in [1.82, 2.24) is 16.0 Å². The first-order valence-corrected chi connectivity index (χ1v) is 11.9. The van der Waals surface area contributed by atoms with Gasteiger partial charge in [0.1, 0.15) is 18.1 Å². The normalized spacial score (nSPS) is 14.8. The molecule has 0 radical (unpaired) electrons. The predicted octanol–water partition coefficient (Wildman–Crippen LogP) is -1.72. The highest BCUT2D eigenvalue weighted by atomic mass is 16.4. The van der Waals surface area contributed by atoms with Crippen LogP contribution in [0.3, 0.4) is 0 Å². The van der Waals surface area contributed by atoms with Gasteiger partial charge in [0, 0.05) is 12.8 Å². The molecule has 5 amide bonds. The monoisotopic (exact) mass is 520 g/mol. The third-order valence-corrected chi connectivity index (χ3v) is 5.77. The summed E-state index contributed by atoms with van der Waals surface area (Å²) >= 11 is 0. The number of aliphatic carboxylic acids is 1. The Morgan fingerprint density at radius 3 is 1.97 bits per heavy atom. The summed E-state index contributed by atoms with van der Waals surface area (Å²) in [6, 6.07) is 3.50. The fourth-order valence-corrected chi connectivity index (χ4v) is 3.39. The fraction of sp³-hybridized carbons (Fsp3) is 0.500. The largest absolute Gasteiger partial charge is 0.480 e. The molecule has 0 bridgehead atoms. The summed E-state index contributed by atoms with van der Waals surface area (Å²) in [5, 5.41) is 16.8. The number of primary amides is 2. The van der Waals surface area contributed by atoms with Crippen molar-refractivity contribution < 1.29 is 33.9 Å². The van der Waals surface area contributed by atoms with Crippen LogP contribution < -0.4 is 33.2 Å². The minimum absolute atomic E-state index is 0.0271. The molecule has 0 aliphatic rings. The second-order valence-corrected chi connectivity index (χ2v) is 8.80. The summed E-state index contributed by atoms with van der Waals surface area (Å²) in [6.07, 6.45) is -0.327. The first-order chi connectivity index (χ1) is 17.3. The molecule has 1 rings (SSSR count). The van der Waals surface area contributed by atoms with Crippen LogP contribution in [0.25, 0.3) is 0 Å². The molecule has 0 spiro atoms. The van der Waals surface area contributed by atoms with Crippen molar-refractivity contribution >= 4 is 35.5 Å². The van der Waals surface area contributed by atoms with Crippen molar-refractivity contribution in [1.29, 1.82) is 0 Å². The summed E-state index contributed by atoms with van der Waals surface area (Å²) in [4.78, 5) is 72.8. The van der Waals surface area contributed by atoms with Crippen LogP contribution in [-0.4, -0.2) is 64.8 Å². The van der Waals surface area contributed by atoms with Gasteiger partial charge in [0.2, 0.25) is 29.5 Å². The molecule has 1 aromatic carbocycles. The topological polar surface area (TPSA) is 237 Å². The van der Waals surface area contributed by atoms with Crippen LogP contribution in [0.4, 0.5) is 0 Å². The molecular weight excluding hydrogens is 484 g/mol. The number of rotatable bonds is 16. The zero-order valence-corrected chi connectivity index (χ0v) is 20.9. The van der Waals surface area contributed by atoms with E-state index in [1.165, 1.54) is 0 Å². The quantitative estimate of drug-likeness (QED) is 0.132. The molecule has 0 heterocycles. The lowest BCUT2D eigenvalue weighted by Gasteiger charge is -2.27. The van der Waals surface area contributed by atoms with Crippen molar-refractivity contribution in [3.8, 4) is 0 Å². The zero-order chi connectivity index (χ0) is 28.1. The first-order valence-electron chi connectivity index (χ1n) is 11.9. The van der Waals surface area contributed by atoms with Crippen molar-refractivity contribution in [2.24, 2.45) is 23.1 Å². The van der Waals surface area contributed by atoms with E-state index < -0.39 is 72.0 Å². The Bertz CT molecular complexity index is 972. The van der Waals surface area contributed by atoms with E-state index in [0.717, 1.165) is 0 Å². The third-order valence-electron chi connectivity index (χ3n) is 5.77. The maximum Gasteiger partial charge on any atom is 0.326 e. The van der Waals surface area contributed by atoms with Crippen molar-refractivity contribution in [3.63, 3.8) is 0 Å². The Hall–Kier alpha value is -4.00. The average Bonchev–Trinajstić information content (AvgIpc) is 2.84. The molecule has 204 valence electrons. The van der Waals surface area contributed by atoms with Crippen LogP contribution in [0.15, 0.2) is 30.3 Å². The van der Waals surface area contributed by atoms with Crippen LogP contribution in [0.2, 0.25) is 0 Å². The smallest absolute Gasteiger partial charge is 0.326 e. The standard InChI is InChI=1S/C24H36N6O7/c1-3-13(2)20(30-21(33)15(25)9-10-18(26)31)23(35)28-16(12-19(27)32)22(34)29-17(24(36)37)11-14-7-5-4-6-8-14/h4-8,13,15-17,20H,3,9-12,25H2,1-2H3,(H2,26,31)(H2,27,32)(H,28,35)(H,29,34)(H,30,33)(H,36,37). The van der Waals surface area contributed by atoms with Gasteiger partial charge in [0.25, 0.3) is 0 Å². The van der Waals surface area contributed by atoms with Crippen molar-refractivity contribution in [3.05, 3.63) is 35.9 Å². The Morgan fingerprint density at radius 2 is 1.46 bits per heavy atom. The number of nitrogens with one attached hydrogen (secondary N) is 3. The Balaban J connectivity index is 3.01. The molecule has 0 saturated carbocycles. The molecule has 0 saturated heterocycles. The van der Waals surface area contributed by atoms with Crippen LogP contribution in [0.5, 0.6) is 0 Å². The van der Waals surface area contributed by atoms with E-state index in [4.69, 9.17) is 17.2 Å². The van der Waals surface area contributed by atoms with Gasteiger partial charge >= 0.3 is 5.97 Å². The molecule has 0 fully saturated rings. The second-order valence-electron chi connectivity index (χ2n) is 8.80. The molecular formula is C24H36N6O7. The van der Waals surface area contributed by atoms with E-state index in [2.05, 4.69) is 16.0 Å². The van der Waals surface area contributed by atoms with E-state index in [1.807, 2.05) is 0 Å². The Morgan fingerprint density at radius 1 is 0.865 bits per heavy atom. The number of carboxylic acid groups (broad SMARTS) is 1. The number of carboxylic acids is 1. The molecule has 37 heavy (non-hydrogen) atoms. The summed E-state index contributed by atoms with van der Waals surface area (Å²) in [6.45, 7) is 3.46. The van der Waals surface area contributed by atoms with Crippen LogP contribution in [0.1, 0.15) is 45.1 Å². The SMILES string of the molecule is CCC(C)C(NC(=O)C(N)CCC(N)=O)C(=O)NC(CC(N)=O)C(=O)NC(Cc1ccccc1)C(=O)O. The minimum atomic E-state index is -1.49. The number of carbonyl (C=O) groups is 6. The van der Waals surface area contributed by atoms with E-state index in [1.54, 1.807) is 44.2 Å². The van der Waals surface area contributed by atoms with Crippen LogP contribution in [-0.2, 0) is 35.2 Å². The maximum absolute atomic E-state index is 13.1. The molecule has 0 aromatic heterocycles. The van der Waals surface area contributed by atoms with Gasteiger partial charge in [-0.25, -0.2) is 4.79 Å². The zero-order valence-electron chi connectivity index (χ0n) is 20.9. The number of carbonyl (C=O) groups excluding carboxylic acids is 5. The first kappa shape index (κ1) is 31.0. The molecule has 0 aliphatic heterocycles. The van der Waals surface area contributed by atoms with E-state index >= 15 is 0 Å². The fourth-order valence-electron chi connectivity index (χ4n) is 3.39. The Labute approximate surface area is 214 Å². The molecule has 5 atom stereocenters.